The summed E-state index contributed by atoms with van der Waals surface area (Å²) in [6, 6.07) is 17.6. The van der Waals surface area contributed by atoms with Gasteiger partial charge in [-0.05, 0) is 62.3 Å². The number of thioether (sulfide) groups is 1. The minimum atomic E-state index is 0.478. The number of para-hydroxylation sites is 1. The van der Waals surface area contributed by atoms with Gasteiger partial charge < -0.3 is 4.42 Å². The third kappa shape index (κ3) is 4.66. The van der Waals surface area contributed by atoms with Gasteiger partial charge in [0.05, 0.1) is 12.3 Å². The Morgan fingerprint density at radius 1 is 0.903 bits per heavy atom. The summed E-state index contributed by atoms with van der Waals surface area (Å²) in [5.74, 6) is 2.48. The second-order valence-electron chi connectivity index (χ2n) is 7.35. The van der Waals surface area contributed by atoms with Crippen LogP contribution in [-0.4, -0.2) is 43.0 Å². The van der Waals surface area contributed by atoms with E-state index in [-0.39, 0.29) is 0 Å². The maximum atomic E-state index is 5.95. The largest absolute Gasteiger partial charge is 0.420 e. The highest BCUT2D eigenvalue weighted by molar-refractivity contribution is 7.98. The lowest BCUT2D eigenvalue weighted by Gasteiger charge is -2.15. The van der Waals surface area contributed by atoms with Crippen molar-refractivity contribution >= 4 is 23.4 Å². The molecule has 0 amide bonds. The first kappa shape index (κ1) is 20.2. The number of rotatable bonds is 7. The summed E-state index contributed by atoms with van der Waals surface area (Å²) in [6.45, 7) is 3.02. The standard InChI is InChI=1S/C22H21ClN6OS/c23-17-10-8-16(9-11-17)21-26-25-20(30-21)15-31-22-27-24-19(14-28-12-4-5-13-28)29(22)18-6-2-1-3-7-18/h1-3,6-11H,4-5,12-15H2. The van der Waals surface area contributed by atoms with Crippen LogP contribution in [0.4, 0.5) is 0 Å². The summed E-state index contributed by atoms with van der Waals surface area (Å²) in [7, 11) is 0. The van der Waals surface area contributed by atoms with Crippen LogP contribution in [0.1, 0.15) is 24.6 Å². The number of likely N-dealkylation sites (tertiary alicyclic amines) is 1. The molecule has 1 fully saturated rings. The molecule has 2 aromatic carbocycles. The van der Waals surface area contributed by atoms with Crippen LogP contribution in [0.25, 0.3) is 17.1 Å². The third-order valence-corrected chi connectivity index (χ3v) is 6.33. The molecular weight excluding hydrogens is 432 g/mol. The zero-order valence-electron chi connectivity index (χ0n) is 16.8. The summed E-state index contributed by atoms with van der Waals surface area (Å²) >= 11 is 7.49. The number of hydrogen-bond acceptors (Lipinski definition) is 7. The van der Waals surface area contributed by atoms with Crippen molar-refractivity contribution in [1.82, 2.24) is 29.9 Å². The van der Waals surface area contributed by atoms with E-state index in [1.807, 2.05) is 30.3 Å². The molecule has 1 aliphatic heterocycles. The monoisotopic (exact) mass is 452 g/mol. The molecule has 0 unspecified atom stereocenters. The zero-order valence-corrected chi connectivity index (χ0v) is 18.4. The second kappa shape index (κ2) is 9.21. The van der Waals surface area contributed by atoms with E-state index in [0.29, 0.717) is 22.6 Å². The Hall–Kier alpha value is -2.68. The number of benzene rings is 2. The molecule has 158 valence electrons. The van der Waals surface area contributed by atoms with Gasteiger partial charge in [0, 0.05) is 16.3 Å². The first-order valence-corrected chi connectivity index (χ1v) is 11.6. The quantitative estimate of drug-likeness (QED) is 0.371. The van der Waals surface area contributed by atoms with Crippen LogP contribution in [-0.2, 0) is 12.3 Å². The lowest BCUT2D eigenvalue weighted by molar-refractivity contribution is 0.319. The molecular formula is C22H21ClN6OS. The Morgan fingerprint density at radius 3 is 2.45 bits per heavy atom. The Kier molecular flexibility index (Phi) is 6.01. The molecule has 1 aliphatic rings. The molecule has 1 saturated heterocycles. The Morgan fingerprint density at radius 2 is 1.68 bits per heavy atom. The van der Waals surface area contributed by atoms with E-state index in [0.717, 1.165) is 41.9 Å². The van der Waals surface area contributed by atoms with E-state index in [1.165, 1.54) is 24.6 Å². The van der Waals surface area contributed by atoms with Gasteiger partial charge in [0.25, 0.3) is 0 Å². The molecule has 0 aliphatic carbocycles. The van der Waals surface area contributed by atoms with Crippen molar-refractivity contribution in [1.29, 1.82) is 0 Å². The molecule has 0 bridgehead atoms. The van der Waals surface area contributed by atoms with E-state index in [2.05, 4.69) is 42.0 Å². The van der Waals surface area contributed by atoms with Crippen LogP contribution in [0, 0.1) is 0 Å². The molecule has 0 saturated carbocycles. The van der Waals surface area contributed by atoms with Crippen LogP contribution in [0.2, 0.25) is 5.02 Å². The molecule has 0 radical (unpaired) electrons. The average molecular weight is 453 g/mol. The van der Waals surface area contributed by atoms with E-state index in [4.69, 9.17) is 16.0 Å². The topological polar surface area (TPSA) is 72.9 Å². The third-order valence-electron chi connectivity index (χ3n) is 5.16. The van der Waals surface area contributed by atoms with Gasteiger partial charge in [-0.1, -0.05) is 41.6 Å². The van der Waals surface area contributed by atoms with Gasteiger partial charge in [0.1, 0.15) is 0 Å². The van der Waals surface area contributed by atoms with Crippen molar-refractivity contribution < 1.29 is 4.42 Å². The minimum absolute atomic E-state index is 0.478. The van der Waals surface area contributed by atoms with E-state index in [1.54, 1.807) is 12.1 Å². The Bertz CT molecular complexity index is 1140. The maximum Gasteiger partial charge on any atom is 0.247 e. The second-order valence-corrected chi connectivity index (χ2v) is 8.73. The predicted molar refractivity (Wildman–Crippen MR) is 120 cm³/mol. The number of aromatic nitrogens is 5. The molecule has 0 N–H and O–H groups in total. The number of hydrogen-bond donors (Lipinski definition) is 0. The van der Waals surface area contributed by atoms with Crippen molar-refractivity contribution in [3.8, 4) is 17.1 Å². The molecule has 2 aromatic heterocycles. The molecule has 5 rings (SSSR count). The van der Waals surface area contributed by atoms with Gasteiger partial charge in [0.15, 0.2) is 11.0 Å². The molecule has 31 heavy (non-hydrogen) atoms. The van der Waals surface area contributed by atoms with Crippen molar-refractivity contribution in [2.24, 2.45) is 0 Å². The summed E-state index contributed by atoms with van der Waals surface area (Å²) in [5, 5.41) is 18.8. The van der Waals surface area contributed by atoms with Crippen LogP contribution in [0.3, 0.4) is 0 Å². The molecule has 7 nitrogen and oxygen atoms in total. The molecule has 0 atom stereocenters. The van der Waals surface area contributed by atoms with E-state index < -0.39 is 0 Å². The molecule has 0 spiro atoms. The van der Waals surface area contributed by atoms with Crippen LogP contribution in [0.15, 0.2) is 64.2 Å². The highest BCUT2D eigenvalue weighted by Crippen LogP contribution is 2.27. The smallest absolute Gasteiger partial charge is 0.247 e. The maximum absolute atomic E-state index is 5.95. The summed E-state index contributed by atoms with van der Waals surface area (Å²) in [4.78, 5) is 2.42. The Labute approximate surface area is 189 Å². The zero-order chi connectivity index (χ0) is 21.0. The average Bonchev–Trinajstić information content (AvgIpc) is 3.55. The van der Waals surface area contributed by atoms with E-state index in [9.17, 15) is 0 Å². The Balaban J connectivity index is 1.35. The number of halogens is 1. The lowest BCUT2D eigenvalue weighted by Crippen LogP contribution is -2.21. The highest BCUT2D eigenvalue weighted by atomic mass is 35.5. The SMILES string of the molecule is Clc1ccc(-c2nnc(CSc3nnc(CN4CCCC4)n3-c3ccccc3)o2)cc1. The highest BCUT2D eigenvalue weighted by Gasteiger charge is 2.20. The van der Waals surface area contributed by atoms with Gasteiger partial charge in [-0.25, -0.2) is 0 Å². The fourth-order valence-corrected chi connectivity index (χ4v) is 4.55. The predicted octanol–water partition coefficient (Wildman–Crippen LogP) is 4.86. The van der Waals surface area contributed by atoms with Gasteiger partial charge in [-0.2, -0.15) is 0 Å². The van der Waals surface area contributed by atoms with Crippen molar-refractivity contribution in [3.63, 3.8) is 0 Å². The first-order valence-electron chi connectivity index (χ1n) is 10.2. The lowest BCUT2D eigenvalue weighted by atomic mass is 10.2. The van der Waals surface area contributed by atoms with Gasteiger partial charge in [0.2, 0.25) is 11.8 Å². The van der Waals surface area contributed by atoms with Crippen molar-refractivity contribution in [2.75, 3.05) is 13.1 Å². The van der Waals surface area contributed by atoms with Crippen molar-refractivity contribution in [2.45, 2.75) is 30.3 Å². The van der Waals surface area contributed by atoms with Crippen LogP contribution < -0.4 is 0 Å². The summed E-state index contributed by atoms with van der Waals surface area (Å²) in [5.41, 5.74) is 1.89. The van der Waals surface area contributed by atoms with E-state index >= 15 is 0 Å². The van der Waals surface area contributed by atoms with Crippen LogP contribution >= 0.6 is 23.4 Å². The number of nitrogens with zero attached hydrogens (tertiary/aromatic N) is 6. The first-order chi connectivity index (χ1) is 15.3. The molecule has 3 heterocycles. The van der Waals surface area contributed by atoms with Gasteiger partial charge in [-0.15, -0.1) is 20.4 Å². The fourth-order valence-electron chi connectivity index (χ4n) is 3.62. The molecule has 4 aromatic rings. The summed E-state index contributed by atoms with van der Waals surface area (Å²) < 4.78 is 7.96. The van der Waals surface area contributed by atoms with Gasteiger partial charge in [-0.3, -0.25) is 9.47 Å². The van der Waals surface area contributed by atoms with Crippen LogP contribution in [0.5, 0.6) is 0 Å². The minimum Gasteiger partial charge on any atom is -0.420 e. The normalized spacial score (nSPS) is 14.4. The molecule has 9 heteroatoms. The fraction of sp³-hybridized carbons (Fsp3) is 0.273. The summed E-state index contributed by atoms with van der Waals surface area (Å²) in [6.07, 6.45) is 2.49. The van der Waals surface area contributed by atoms with Gasteiger partial charge >= 0.3 is 0 Å². The van der Waals surface area contributed by atoms with Crippen molar-refractivity contribution in [3.05, 3.63) is 71.3 Å².